The Morgan fingerprint density at radius 2 is 2.19 bits per heavy atom. The summed E-state index contributed by atoms with van der Waals surface area (Å²) < 4.78 is 0. The standard InChI is InChI=1S/C11H18N4S/c12-15-10-6-7-13-11(14-10)8-16-9-4-2-1-3-5-9/h6-7,9H,1-5,8,12H2,(H,13,14,15). The largest absolute Gasteiger partial charge is 0.308 e. The van der Waals surface area contributed by atoms with Gasteiger partial charge in [0.05, 0.1) is 5.75 Å². The molecule has 0 unspecified atom stereocenters. The molecule has 1 aromatic rings. The molecule has 16 heavy (non-hydrogen) atoms. The summed E-state index contributed by atoms with van der Waals surface area (Å²) >= 11 is 1.98. The first-order valence-corrected chi connectivity index (χ1v) is 6.83. The van der Waals surface area contributed by atoms with E-state index >= 15 is 0 Å². The summed E-state index contributed by atoms with van der Waals surface area (Å²) in [4.78, 5) is 8.55. The third-order valence-corrected chi connectivity index (χ3v) is 4.22. The minimum Gasteiger partial charge on any atom is -0.308 e. The summed E-state index contributed by atoms with van der Waals surface area (Å²) in [6.45, 7) is 0. The molecule has 3 N–H and O–H groups in total. The molecule has 0 radical (unpaired) electrons. The number of thioether (sulfide) groups is 1. The molecule has 1 heterocycles. The lowest BCUT2D eigenvalue weighted by Crippen LogP contribution is -2.11. The predicted molar refractivity (Wildman–Crippen MR) is 68.0 cm³/mol. The van der Waals surface area contributed by atoms with E-state index in [2.05, 4.69) is 15.4 Å². The van der Waals surface area contributed by atoms with Gasteiger partial charge in [0.25, 0.3) is 0 Å². The molecule has 1 aromatic heterocycles. The van der Waals surface area contributed by atoms with Crippen molar-refractivity contribution in [3.63, 3.8) is 0 Å². The number of nitrogens with one attached hydrogen (secondary N) is 1. The highest BCUT2D eigenvalue weighted by molar-refractivity contribution is 7.99. The molecule has 0 amide bonds. The Bertz CT molecular complexity index is 326. The van der Waals surface area contributed by atoms with E-state index in [-0.39, 0.29) is 0 Å². The molecule has 4 nitrogen and oxygen atoms in total. The zero-order valence-electron chi connectivity index (χ0n) is 9.35. The van der Waals surface area contributed by atoms with E-state index in [1.165, 1.54) is 32.1 Å². The average molecular weight is 238 g/mol. The molecule has 1 aliphatic rings. The summed E-state index contributed by atoms with van der Waals surface area (Å²) in [5.41, 5.74) is 2.54. The predicted octanol–water partition coefficient (Wildman–Crippen LogP) is 2.33. The van der Waals surface area contributed by atoms with Crippen LogP contribution in [-0.2, 0) is 5.75 Å². The molecule has 5 heteroatoms. The first-order chi connectivity index (χ1) is 7.88. The van der Waals surface area contributed by atoms with E-state index in [4.69, 9.17) is 5.84 Å². The molecule has 0 aliphatic heterocycles. The number of anilines is 1. The second-order valence-electron chi connectivity index (χ2n) is 4.07. The molecule has 0 spiro atoms. The van der Waals surface area contributed by atoms with Crippen LogP contribution in [0.3, 0.4) is 0 Å². The number of hydrogen-bond acceptors (Lipinski definition) is 5. The van der Waals surface area contributed by atoms with Gasteiger partial charge in [0, 0.05) is 17.5 Å². The first-order valence-electron chi connectivity index (χ1n) is 5.78. The molecule has 1 saturated carbocycles. The minimum absolute atomic E-state index is 0.689. The summed E-state index contributed by atoms with van der Waals surface area (Å²) in [5, 5.41) is 0.798. The monoisotopic (exact) mass is 238 g/mol. The molecule has 88 valence electrons. The molecule has 0 aromatic carbocycles. The van der Waals surface area contributed by atoms with Crippen molar-refractivity contribution in [2.45, 2.75) is 43.1 Å². The van der Waals surface area contributed by atoms with Gasteiger partial charge in [0.1, 0.15) is 11.6 Å². The van der Waals surface area contributed by atoms with Crippen LogP contribution in [0.15, 0.2) is 12.3 Å². The third-order valence-electron chi connectivity index (χ3n) is 2.85. The van der Waals surface area contributed by atoms with Gasteiger partial charge in [0.2, 0.25) is 0 Å². The zero-order valence-corrected chi connectivity index (χ0v) is 10.2. The van der Waals surface area contributed by atoms with E-state index in [9.17, 15) is 0 Å². The van der Waals surface area contributed by atoms with Gasteiger partial charge < -0.3 is 5.43 Å². The van der Waals surface area contributed by atoms with Gasteiger partial charge in [-0.1, -0.05) is 19.3 Å². The summed E-state index contributed by atoms with van der Waals surface area (Å²) in [6, 6.07) is 1.77. The van der Waals surface area contributed by atoms with E-state index < -0.39 is 0 Å². The molecule has 0 atom stereocenters. The third kappa shape index (κ3) is 3.35. The number of hydrazine groups is 1. The van der Waals surface area contributed by atoms with Crippen molar-refractivity contribution >= 4 is 17.6 Å². The van der Waals surface area contributed by atoms with Crippen LogP contribution in [0.25, 0.3) is 0 Å². The van der Waals surface area contributed by atoms with E-state index in [0.717, 1.165) is 16.8 Å². The van der Waals surface area contributed by atoms with Crippen molar-refractivity contribution in [3.8, 4) is 0 Å². The SMILES string of the molecule is NNc1ccnc(CSC2CCCCC2)n1. The molecule has 2 rings (SSSR count). The highest BCUT2D eigenvalue weighted by Crippen LogP contribution is 2.29. The van der Waals surface area contributed by atoms with Gasteiger partial charge >= 0.3 is 0 Å². The Balaban J connectivity index is 1.83. The van der Waals surface area contributed by atoms with Crippen LogP contribution >= 0.6 is 11.8 Å². The Labute approximate surface area is 100 Å². The maximum Gasteiger partial charge on any atom is 0.143 e. The fourth-order valence-electron chi connectivity index (χ4n) is 1.97. The van der Waals surface area contributed by atoms with E-state index in [0.29, 0.717) is 5.82 Å². The second kappa shape index (κ2) is 6.06. The fourth-order valence-corrected chi connectivity index (χ4v) is 3.16. The molecule has 1 aliphatic carbocycles. The zero-order chi connectivity index (χ0) is 11.2. The Morgan fingerprint density at radius 1 is 1.38 bits per heavy atom. The van der Waals surface area contributed by atoms with Crippen molar-refractivity contribution in [2.75, 3.05) is 5.43 Å². The van der Waals surface area contributed by atoms with Crippen LogP contribution < -0.4 is 11.3 Å². The molecule has 0 saturated heterocycles. The molecular weight excluding hydrogens is 220 g/mol. The molecular formula is C11H18N4S. The number of rotatable bonds is 4. The van der Waals surface area contributed by atoms with Crippen molar-refractivity contribution in [3.05, 3.63) is 18.1 Å². The number of nitrogens with two attached hydrogens (primary N) is 1. The summed E-state index contributed by atoms with van der Waals surface area (Å²) in [7, 11) is 0. The van der Waals surface area contributed by atoms with E-state index in [1.54, 1.807) is 12.3 Å². The van der Waals surface area contributed by atoms with Gasteiger partial charge in [-0.25, -0.2) is 15.8 Å². The lowest BCUT2D eigenvalue weighted by Gasteiger charge is -2.20. The van der Waals surface area contributed by atoms with Crippen LogP contribution in [0.5, 0.6) is 0 Å². The summed E-state index contributed by atoms with van der Waals surface area (Å²) in [6.07, 6.45) is 8.60. The molecule has 1 fully saturated rings. The van der Waals surface area contributed by atoms with Gasteiger partial charge in [-0.05, 0) is 12.8 Å². The fraction of sp³-hybridized carbons (Fsp3) is 0.636. The van der Waals surface area contributed by atoms with Crippen molar-refractivity contribution in [1.82, 2.24) is 9.97 Å². The lowest BCUT2D eigenvalue weighted by molar-refractivity contribution is 0.516. The smallest absolute Gasteiger partial charge is 0.143 e. The first kappa shape index (κ1) is 11.7. The summed E-state index contributed by atoms with van der Waals surface area (Å²) in [5.74, 6) is 7.76. The topological polar surface area (TPSA) is 63.8 Å². The van der Waals surface area contributed by atoms with Crippen LogP contribution in [-0.4, -0.2) is 15.2 Å². The maximum atomic E-state index is 5.31. The van der Waals surface area contributed by atoms with Gasteiger partial charge in [-0.15, -0.1) is 0 Å². The lowest BCUT2D eigenvalue weighted by atomic mass is 10.0. The highest BCUT2D eigenvalue weighted by Gasteiger charge is 2.14. The molecule has 0 bridgehead atoms. The Morgan fingerprint density at radius 3 is 2.94 bits per heavy atom. The number of nitrogen functional groups attached to an aromatic ring is 1. The van der Waals surface area contributed by atoms with Crippen molar-refractivity contribution < 1.29 is 0 Å². The minimum atomic E-state index is 0.689. The van der Waals surface area contributed by atoms with Gasteiger partial charge in [0.15, 0.2) is 0 Å². The van der Waals surface area contributed by atoms with Crippen LogP contribution in [0.4, 0.5) is 5.82 Å². The van der Waals surface area contributed by atoms with Gasteiger partial charge in [-0.3, -0.25) is 0 Å². The van der Waals surface area contributed by atoms with Crippen LogP contribution in [0.1, 0.15) is 37.9 Å². The normalized spacial score (nSPS) is 17.3. The Hall–Kier alpha value is -0.810. The van der Waals surface area contributed by atoms with E-state index in [1.807, 2.05) is 11.8 Å². The number of hydrogen-bond donors (Lipinski definition) is 2. The second-order valence-corrected chi connectivity index (χ2v) is 5.36. The number of nitrogens with zero attached hydrogens (tertiary/aromatic N) is 2. The number of aromatic nitrogens is 2. The quantitative estimate of drug-likeness (QED) is 0.622. The average Bonchev–Trinajstić information content (AvgIpc) is 2.38. The Kier molecular flexibility index (Phi) is 4.42. The van der Waals surface area contributed by atoms with Crippen molar-refractivity contribution in [1.29, 1.82) is 0 Å². The van der Waals surface area contributed by atoms with Gasteiger partial charge in [-0.2, -0.15) is 11.8 Å². The van der Waals surface area contributed by atoms with Crippen molar-refractivity contribution in [2.24, 2.45) is 5.84 Å². The highest BCUT2D eigenvalue weighted by atomic mass is 32.2. The van der Waals surface area contributed by atoms with Crippen LogP contribution in [0, 0.1) is 0 Å². The van der Waals surface area contributed by atoms with Crippen LogP contribution in [0.2, 0.25) is 0 Å². The maximum absolute atomic E-state index is 5.31.